The number of carbonyl (C=O) groups is 4. The molecule has 3 fully saturated rings. The lowest BCUT2D eigenvalue weighted by molar-refractivity contribution is -0.142. The molecule has 1 aromatic heterocycles. The lowest BCUT2D eigenvalue weighted by Crippen LogP contribution is -2.59. The Morgan fingerprint density at radius 1 is 1.13 bits per heavy atom. The fourth-order valence-corrected chi connectivity index (χ4v) is 9.30. The van der Waals surface area contributed by atoms with E-state index in [1.165, 1.54) is 4.90 Å². The van der Waals surface area contributed by atoms with Crippen LogP contribution >= 0.6 is 0 Å². The third kappa shape index (κ3) is 6.95. The third-order valence-corrected chi connectivity index (χ3v) is 13.3. The molecule has 1 aromatic carbocycles. The molecule has 4 heterocycles. The van der Waals surface area contributed by atoms with E-state index in [1.807, 2.05) is 13.0 Å². The second kappa shape index (κ2) is 14.0. The summed E-state index contributed by atoms with van der Waals surface area (Å²) >= 11 is 0. The first-order chi connectivity index (χ1) is 25.3. The van der Waals surface area contributed by atoms with Crippen molar-refractivity contribution in [3.05, 3.63) is 36.5 Å². The minimum Gasteiger partial charge on any atom is -0.486 e. The van der Waals surface area contributed by atoms with Crippen LogP contribution in [0.15, 0.2) is 36.5 Å². The summed E-state index contributed by atoms with van der Waals surface area (Å²) in [5.74, 6) is -1.93. The van der Waals surface area contributed by atoms with Crippen molar-refractivity contribution >= 4 is 44.6 Å². The average Bonchev–Trinajstić information content (AvgIpc) is 4.03. The van der Waals surface area contributed by atoms with Crippen LogP contribution in [-0.2, 0) is 24.4 Å². The van der Waals surface area contributed by atoms with Crippen LogP contribution in [0.25, 0.3) is 10.8 Å². The van der Waals surface area contributed by atoms with Gasteiger partial charge < -0.3 is 34.9 Å². The molecule has 4 N–H and O–H groups in total. The molecular formula is C36H44FN5O10S. The van der Waals surface area contributed by atoms with E-state index in [-0.39, 0.29) is 44.0 Å². The number of halogens is 1. The fourth-order valence-electron chi connectivity index (χ4n) is 7.87. The highest BCUT2D eigenvalue weighted by molar-refractivity contribution is 7.91. The molecule has 0 bridgehead atoms. The number of allylic oxidation sites excluding steroid dienone is 1. The Morgan fingerprint density at radius 2 is 1.91 bits per heavy atom. The number of benzene rings is 1. The Morgan fingerprint density at radius 3 is 2.64 bits per heavy atom. The predicted octanol–water partition coefficient (Wildman–Crippen LogP) is 2.83. The molecule has 0 radical (unpaired) electrons. The van der Waals surface area contributed by atoms with E-state index in [0.29, 0.717) is 54.7 Å². The zero-order valence-corrected chi connectivity index (χ0v) is 30.3. The van der Waals surface area contributed by atoms with Crippen LogP contribution in [0.5, 0.6) is 17.4 Å². The zero-order chi connectivity index (χ0) is 37.7. The summed E-state index contributed by atoms with van der Waals surface area (Å²) in [6.45, 7) is 3.30. The number of nitrogens with one attached hydrogen (secondary N) is 3. The van der Waals surface area contributed by atoms with Crippen molar-refractivity contribution in [1.29, 1.82) is 0 Å². The molecule has 2 aliphatic carbocycles. The van der Waals surface area contributed by atoms with E-state index in [2.05, 4.69) is 20.3 Å². The molecule has 4 amide bonds. The first-order valence-electron chi connectivity index (χ1n) is 18.0. The Labute approximate surface area is 306 Å². The van der Waals surface area contributed by atoms with Gasteiger partial charge in [0.05, 0.1) is 6.54 Å². The van der Waals surface area contributed by atoms with Crippen molar-refractivity contribution in [3.8, 4) is 17.4 Å². The summed E-state index contributed by atoms with van der Waals surface area (Å²) in [6.07, 6.45) is 5.01. The zero-order valence-electron chi connectivity index (χ0n) is 29.5. The van der Waals surface area contributed by atoms with Crippen molar-refractivity contribution in [1.82, 2.24) is 25.2 Å². The van der Waals surface area contributed by atoms with Gasteiger partial charge in [-0.3, -0.25) is 19.1 Å². The van der Waals surface area contributed by atoms with Gasteiger partial charge in [-0.2, -0.15) is 0 Å². The van der Waals surface area contributed by atoms with Gasteiger partial charge >= 0.3 is 6.09 Å². The van der Waals surface area contributed by atoms with E-state index in [4.69, 9.17) is 14.2 Å². The third-order valence-electron chi connectivity index (χ3n) is 11.2. The number of nitrogens with zero attached hydrogens (tertiary/aromatic N) is 2. The number of carbonyl (C=O) groups excluding carboxylic acids is 3. The van der Waals surface area contributed by atoms with E-state index < -0.39 is 80.8 Å². The Kier molecular flexibility index (Phi) is 9.66. The molecule has 17 heteroatoms. The molecule has 1 unspecified atom stereocenters. The van der Waals surface area contributed by atoms with E-state index >= 15 is 0 Å². The maximum Gasteiger partial charge on any atom is 0.405 e. The highest BCUT2D eigenvalue weighted by Crippen LogP contribution is 2.48. The number of ether oxygens (including phenoxy) is 3. The van der Waals surface area contributed by atoms with Crippen LogP contribution in [-0.4, -0.2) is 102 Å². The summed E-state index contributed by atoms with van der Waals surface area (Å²) in [5, 5.41) is 16.2. The lowest BCUT2D eigenvalue weighted by Gasteiger charge is -2.32. The minimum atomic E-state index is -4.39. The number of fused-ring (bicyclic) bond motifs is 5. The van der Waals surface area contributed by atoms with Crippen molar-refractivity contribution < 1.29 is 51.3 Å². The maximum absolute atomic E-state index is 14.4. The van der Waals surface area contributed by atoms with Gasteiger partial charge in [-0.25, -0.2) is 22.6 Å². The molecule has 53 heavy (non-hydrogen) atoms. The minimum absolute atomic E-state index is 0.0494. The standard InChI is InChI=1S/C36H44FN5O10S/c1-20-5-3-4-6-22-17-36(22,33(45)41-53(48,49)35(19-37)10-11-35)40-30(43)26-16-23(18-42(26)32(44)28(21(2)15-20)39-34(46)47)52-31-25-7-8-27-29(51-14-13-50-27)24(25)9-12-38-31/h4,6-9,12,20-23,26,28,39H,3,5,10-11,13-19H2,1-2H3,(H,40,43)(H,41,45)(H,46,47)/b6-4-/t20-,21+,22+,23+,26-,28-,36?/m0/s1. The summed E-state index contributed by atoms with van der Waals surface area (Å²) in [6, 6.07) is 2.86. The number of rotatable bonds is 7. The van der Waals surface area contributed by atoms with Gasteiger partial charge in [0.25, 0.3) is 5.91 Å². The number of pyridine rings is 1. The molecule has 1 saturated heterocycles. The molecule has 2 saturated carbocycles. The highest BCUT2D eigenvalue weighted by Gasteiger charge is 2.64. The van der Waals surface area contributed by atoms with E-state index in [0.717, 1.165) is 0 Å². The van der Waals surface area contributed by atoms with Crippen molar-refractivity contribution in [2.24, 2.45) is 17.8 Å². The van der Waals surface area contributed by atoms with Crippen LogP contribution in [0.4, 0.5) is 9.18 Å². The smallest absolute Gasteiger partial charge is 0.405 e. The summed E-state index contributed by atoms with van der Waals surface area (Å²) in [5.41, 5.74) is -1.67. The molecule has 7 rings (SSSR count). The van der Waals surface area contributed by atoms with Gasteiger partial charge in [-0.05, 0) is 68.6 Å². The van der Waals surface area contributed by atoms with Crippen molar-refractivity contribution in [3.63, 3.8) is 0 Å². The molecular weight excluding hydrogens is 713 g/mol. The van der Waals surface area contributed by atoms with E-state index in [1.54, 1.807) is 37.4 Å². The normalized spacial score (nSPS) is 31.5. The first-order valence-corrected chi connectivity index (χ1v) is 19.5. The number of alkyl halides is 1. The van der Waals surface area contributed by atoms with Gasteiger partial charge in [0, 0.05) is 29.3 Å². The van der Waals surface area contributed by atoms with Crippen LogP contribution in [0, 0.1) is 17.8 Å². The van der Waals surface area contributed by atoms with E-state index in [9.17, 15) is 37.1 Å². The predicted molar refractivity (Wildman–Crippen MR) is 188 cm³/mol. The number of carboxylic acid groups (broad SMARTS) is 1. The highest BCUT2D eigenvalue weighted by atomic mass is 32.2. The van der Waals surface area contributed by atoms with Gasteiger partial charge in [0.1, 0.15) is 48.4 Å². The van der Waals surface area contributed by atoms with Crippen LogP contribution < -0.4 is 29.6 Å². The monoisotopic (exact) mass is 757 g/mol. The summed E-state index contributed by atoms with van der Waals surface area (Å²) in [7, 11) is -4.39. The van der Waals surface area contributed by atoms with Crippen molar-refractivity contribution in [2.75, 3.05) is 26.4 Å². The first kappa shape index (κ1) is 36.7. The van der Waals surface area contributed by atoms with Crippen molar-refractivity contribution in [2.45, 2.75) is 87.3 Å². The van der Waals surface area contributed by atoms with Gasteiger partial charge in [-0.1, -0.05) is 26.0 Å². The van der Waals surface area contributed by atoms with Crippen LogP contribution in [0.1, 0.15) is 58.8 Å². The van der Waals surface area contributed by atoms with Gasteiger partial charge in [0.2, 0.25) is 27.7 Å². The largest absolute Gasteiger partial charge is 0.486 e. The fraction of sp³-hybridized carbons (Fsp3) is 0.583. The molecule has 3 aliphatic heterocycles. The molecule has 286 valence electrons. The molecule has 5 aliphatic rings. The number of hydrogen-bond acceptors (Lipinski definition) is 10. The number of sulfonamides is 1. The number of hydrogen-bond donors (Lipinski definition) is 4. The Balaban J connectivity index is 1.21. The Hall–Kier alpha value is -4.67. The summed E-state index contributed by atoms with van der Waals surface area (Å²) < 4.78 is 58.3. The number of amides is 4. The van der Waals surface area contributed by atoms with Crippen LogP contribution in [0.3, 0.4) is 0 Å². The lowest BCUT2D eigenvalue weighted by atomic mass is 9.88. The molecule has 7 atom stereocenters. The maximum atomic E-state index is 14.4. The number of aromatic nitrogens is 1. The second-order valence-electron chi connectivity index (χ2n) is 15.1. The van der Waals surface area contributed by atoms with Gasteiger partial charge in [-0.15, -0.1) is 0 Å². The SMILES string of the molecule is C[C@H]1CC/C=C\[C@@H]2CC2(C(=O)NS(=O)(=O)C2(CF)CC2)NC(=O)[C@@H]2C[C@@H](Oc3nccc4c5c(ccc34)OCCO5)CN2C(=O)[C@@H](NC(=O)O)[C@H](C)C1. The Bertz CT molecular complexity index is 1960. The quantitative estimate of drug-likeness (QED) is 0.303. The summed E-state index contributed by atoms with van der Waals surface area (Å²) in [4.78, 5) is 60.2. The van der Waals surface area contributed by atoms with Gasteiger partial charge in [0.15, 0.2) is 11.5 Å². The second-order valence-corrected chi connectivity index (χ2v) is 17.1. The topological polar surface area (TPSA) is 203 Å². The molecule has 0 spiro atoms. The van der Waals surface area contributed by atoms with Crippen LogP contribution in [0.2, 0.25) is 0 Å². The average molecular weight is 758 g/mol. The molecule has 15 nitrogen and oxygen atoms in total. The molecule has 2 aromatic rings.